The maximum absolute atomic E-state index is 5.89. The van der Waals surface area contributed by atoms with E-state index in [4.69, 9.17) is 4.74 Å². The summed E-state index contributed by atoms with van der Waals surface area (Å²) in [4.78, 5) is 0. The van der Waals surface area contributed by atoms with E-state index >= 15 is 0 Å². The van der Waals surface area contributed by atoms with Gasteiger partial charge in [0.2, 0.25) is 0 Å². The van der Waals surface area contributed by atoms with E-state index in [2.05, 4.69) is 66.8 Å². The fraction of sp³-hybridized carbons (Fsp3) is 0.487. The van der Waals surface area contributed by atoms with E-state index in [1.165, 1.54) is 113 Å². The zero-order chi connectivity index (χ0) is 28.0. The Hall–Kier alpha value is -1.66. The number of benzene rings is 2. The first kappa shape index (κ1) is 33.2. The van der Waals surface area contributed by atoms with Crippen LogP contribution < -0.4 is 0 Å². The molecule has 3 heteroatoms. The van der Waals surface area contributed by atoms with Crippen LogP contribution in [0.2, 0.25) is 0 Å². The second kappa shape index (κ2) is 18.2. The Morgan fingerprint density at radius 2 is 0.952 bits per heavy atom. The van der Waals surface area contributed by atoms with Gasteiger partial charge < -0.3 is 0 Å². The van der Waals surface area contributed by atoms with Gasteiger partial charge in [-0.1, -0.05) is 155 Å². The molecule has 0 heterocycles. The van der Waals surface area contributed by atoms with Gasteiger partial charge in [0.1, 0.15) is 0 Å². The van der Waals surface area contributed by atoms with Gasteiger partial charge in [-0.3, -0.25) is 4.74 Å². The summed E-state index contributed by atoms with van der Waals surface area (Å²) in [6.45, 7) is 0. The normalized spacial score (nSPS) is 20.6. The summed E-state index contributed by atoms with van der Waals surface area (Å²) >= 11 is 0. The van der Waals surface area contributed by atoms with Gasteiger partial charge in [0.05, 0.1) is 0 Å². The predicted octanol–water partition coefficient (Wildman–Crippen LogP) is 12.4. The second-order valence-electron chi connectivity index (χ2n) is 12.6. The van der Waals surface area contributed by atoms with Crippen LogP contribution in [0.3, 0.4) is 0 Å². The molecular weight excluding hydrogens is 561 g/mol. The van der Waals surface area contributed by atoms with Crippen LogP contribution in [-0.4, -0.2) is 17.0 Å². The van der Waals surface area contributed by atoms with Crippen molar-refractivity contribution in [3.8, 4) is 0 Å². The van der Waals surface area contributed by atoms with Crippen LogP contribution in [-0.2, 0) is 21.7 Å². The van der Waals surface area contributed by atoms with Gasteiger partial charge in [0, 0.05) is 33.8 Å². The van der Waals surface area contributed by atoms with Gasteiger partial charge >= 0.3 is 0 Å². The van der Waals surface area contributed by atoms with Gasteiger partial charge in [-0.15, -0.1) is 0 Å². The van der Waals surface area contributed by atoms with Gasteiger partial charge in [0.15, 0.2) is 0 Å². The summed E-state index contributed by atoms with van der Waals surface area (Å²) < 4.78 is 5.89. The van der Waals surface area contributed by atoms with Gasteiger partial charge in [-0.2, -0.15) is 0 Å². The van der Waals surface area contributed by atoms with Crippen molar-refractivity contribution in [1.29, 1.82) is 0 Å². The molecular formula is C39H52NPTi. The minimum Gasteiger partial charge on any atom is -0.271 e. The molecule has 0 aliphatic heterocycles. The molecule has 3 fully saturated rings. The van der Waals surface area contributed by atoms with Gasteiger partial charge in [0.25, 0.3) is 0 Å². The van der Waals surface area contributed by atoms with Crippen LogP contribution in [0.4, 0.5) is 0 Å². The average Bonchev–Trinajstić information content (AvgIpc) is 3.58. The molecule has 2 aromatic rings. The Labute approximate surface area is 272 Å². The first-order valence-electron chi connectivity index (χ1n) is 16.8. The molecule has 1 nitrogen and oxygen atoms in total. The van der Waals surface area contributed by atoms with E-state index in [9.17, 15) is 0 Å². The summed E-state index contributed by atoms with van der Waals surface area (Å²) in [5.74, 6) is 0. The van der Waals surface area contributed by atoms with Crippen molar-refractivity contribution in [2.24, 2.45) is 4.74 Å². The largest absolute Gasteiger partial charge is 0.271 e. The van der Waals surface area contributed by atoms with Crippen molar-refractivity contribution in [2.75, 3.05) is 0 Å². The van der Waals surface area contributed by atoms with Gasteiger partial charge in [-0.25, -0.2) is 0 Å². The SMILES string of the molecule is C(C=Cc1ccccc1)=Cc1ccccc1.C1=CCC(N=P(C2CCCCC2)(C2CCCCC2)C2CCCCC2)=C1.[Ti]. The Bertz CT molecular complexity index is 1110. The topological polar surface area (TPSA) is 12.4 Å². The van der Waals surface area contributed by atoms with E-state index in [0.717, 1.165) is 23.4 Å². The maximum Gasteiger partial charge on any atom is 0.0425 e. The maximum atomic E-state index is 5.89. The molecule has 4 aliphatic carbocycles. The van der Waals surface area contributed by atoms with Crippen molar-refractivity contribution in [3.05, 3.63) is 108 Å². The minimum atomic E-state index is -1.25. The molecule has 0 unspecified atom stereocenters. The van der Waals surface area contributed by atoms with E-state index in [0.29, 0.717) is 0 Å². The summed E-state index contributed by atoms with van der Waals surface area (Å²) in [5.41, 5.74) is 6.84. The number of nitrogens with zero attached hydrogens (tertiary/aromatic N) is 1. The first-order chi connectivity index (χ1) is 20.3. The number of hydrogen-bond acceptors (Lipinski definition) is 1. The fourth-order valence-corrected chi connectivity index (χ4v) is 14.3. The van der Waals surface area contributed by atoms with Crippen molar-refractivity contribution in [1.82, 2.24) is 0 Å². The number of rotatable bonds is 7. The molecule has 4 aliphatic rings. The van der Waals surface area contributed by atoms with Crippen LogP contribution in [0, 0.1) is 0 Å². The Balaban J connectivity index is 0.000000207. The van der Waals surface area contributed by atoms with Crippen molar-refractivity contribution in [2.45, 2.75) is 120 Å². The molecule has 0 amide bonds. The van der Waals surface area contributed by atoms with E-state index in [1.807, 2.05) is 36.4 Å². The quantitative estimate of drug-likeness (QED) is 0.167. The molecule has 0 saturated heterocycles. The number of hydrogen-bond donors (Lipinski definition) is 0. The molecule has 0 N–H and O–H groups in total. The fourth-order valence-electron chi connectivity index (χ4n) is 7.82. The molecule has 3 saturated carbocycles. The van der Waals surface area contributed by atoms with Crippen LogP contribution in [0.25, 0.3) is 12.2 Å². The Morgan fingerprint density at radius 1 is 0.548 bits per heavy atom. The molecule has 0 aromatic heterocycles. The molecule has 0 bridgehead atoms. The van der Waals surface area contributed by atoms with Crippen molar-refractivity contribution >= 4 is 19.2 Å². The van der Waals surface area contributed by atoms with Crippen LogP contribution in [0.15, 0.2) is 101 Å². The summed E-state index contributed by atoms with van der Waals surface area (Å²) in [6, 6.07) is 20.6. The van der Waals surface area contributed by atoms with Crippen LogP contribution in [0.5, 0.6) is 0 Å². The minimum absolute atomic E-state index is 0. The number of allylic oxidation sites excluding steroid dienone is 5. The van der Waals surface area contributed by atoms with Crippen LogP contribution in [0.1, 0.15) is 114 Å². The smallest absolute Gasteiger partial charge is 0.0425 e. The molecule has 0 atom stereocenters. The average molecular weight is 614 g/mol. The molecule has 6 rings (SSSR count). The Kier molecular flexibility index (Phi) is 14.4. The summed E-state index contributed by atoms with van der Waals surface area (Å²) in [5, 5.41) is 0. The third-order valence-electron chi connectivity index (χ3n) is 9.82. The molecule has 0 radical (unpaired) electrons. The monoisotopic (exact) mass is 613 g/mol. The van der Waals surface area contributed by atoms with Gasteiger partial charge in [-0.05, 0) is 79.8 Å². The standard InChI is InChI=1S/C23H38NP.C16H14.Ti/c1-4-14-21(15-5-1)25(22-16-6-2-7-17-22,23-18-8-3-9-19-23)24-20-12-10-11-13-20;1-3-9-15(10-4-1)13-7-8-14-16-11-5-2-6-12-16;/h10-12,21-23H,1-9,13-19H2;1-14H;. The second-order valence-corrected chi connectivity index (χ2v) is 16.6. The van der Waals surface area contributed by atoms with E-state index in [-0.39, 0.29) is 21.7 Å². The predicted molar refractivity (Wildman–Crippen MR) is 183 cm³/mol. The third-order valence-corrected chi connectivity index (χ3v) is 15.5. The Morgan fingerprint density at radius 3 is 1.31 bits per heavy atom. The zero-order valence-electron chi connectivity index (χ0n) is 25.8. The van der Waals surface area contributed by atoms with E-state index in [1.54, 1.807) is 0 Å². The molecule has 0 spiro atoms. The van der Waals surface area contributed by atoms with E-state index < -0.39 is 7.05 Å². The van der Waals surface area contributed by atoms with Crippen molar-refractivity contribution in [3.63, 3.8) is 0 Å². The molecule has 222 valence electrons. The summed E-state index contributed by atoms with van der Waals surface area (Å²) in [7, 11) is -1.25. The molecule has 42 heavy (non-hydrogen) atoms. The first-order valence-corrected chi connectivity index (χ1v) is 18.7. The zero-order valence-corrected chi connectivity index (χ0v) is 28.2. The van der Waals surface area contributed by atoms with Crippen molar-refractivity contribution < 1.29 is 21.7 Å². The summed E-state index contributed by atoms with van der Waals surface area (Å²) in [6.07, 6.45) is 38.8. The van der Waals surface area contributed by atoms with Crippen LogP contribution >= 0.6 is 7.05 Å². The third kappa shape index (κ3) is 9.42. The molecule has 2 aromatic carbocycles.